The highest BCUT2D eigenvalue weighted by Crippen LogP contribution is 2.28. The van der Waals surface area contributed by atoms with Crippen LogP contribution in [0.1, 0.15) is 24.5 Å². The Kier molecular flexibility index (Phi) is 5.78. The average molecular weight is 380 g/mol. The highest BCUT2D eigenvalue weighted by molar-refractivity contribution is 6.23. The monoisotopic (exact) mass is 380 g/mol. The van der Waals surface area contributed by atoms with E-state index in [1.165, 1.54) is 16.7 Å². The molecule has 0 N–H and O–H groups in total. The van der Waals surface area contributed by atoms with Crippen LogP contribution in [0.4, 0.5) is 5.69 Å². The van der Waals surface area contributed by atoms with Gasteiger partial charge in [0.1, 0.15) is 11.8 Å². The second kappa shape index (κ2) is 8.25. The molecule has 0 aliphatic carbocycles. The molecule has 6 nitrogen and oxygen atoms in total. The summed E-state index contributed by atoms with van der Waals surface area (Å²) in [5.74, 6) is -0.128. The van der Waals surface area contributed by atoms with E-state index in [-0.39, 0.29) is 24.1 Å². The van der Waals surface area contributed by atoms with Crippen LogP contribution in [0.25, 0.3) is 0 Å². The zero-order chi connectivity index (χ0) is 20.3. The van der Waals surface area contributed by atoms with E-state index in [0.717, 1.165) is 16.9 Å². The molecule has 1 fully saturated rings. The van der Waals surface area contributed by atoms with Crippen molar-refractivity contribution in [2.45, 2.75) is 32.7 Å². The second-order valence-corrected chi connectivity index (χ2v) is 6.85. The minimum Gasteiger partial charge on any atom is -0.496 e. The summed E-state index contributed by atoms with van der Waals surface area (Å²) in [6, 6.07) is 14.0. The fourth-order valence-corrected chi connectivity index (χ4v) is 3.61. The number of hydrogen-bond donors (Lipinski definition) is 0. The predicted molar refractivity (Wildman–Crippen MR) is 106 cm³/mol. The van der Waals surface area contributed by atoms with Crippen molar-refractivity contribution in [1.29, 1.82) is 0 Å². The van der Waals surface area contributed by atoms with E-state index in [1.54, 1.807) is 19.2 Å². The van der Waals surface area contributed by atoms with Crippen LogP contribution in [0.5, 0.6) is 5.75 Å². The van der Waals surface area contributed by atoms with Gasteiger partial charge in [-0.2, -0.15) is 0 Å². The lowest BCUT2D eigenvalue weighted by atomic mass is 10.1. The summed E-state index contributed by atoms with van der Waals surface area (Å²) >= 11 is 0. The molecule has 1 aliphatic heterocycles. The largest absolute Gasteiger partial charge is 0.496 e. The number of methoxy groups -OCH3 is 1. The van der Waals surface area contributed by atoms with Crippen molar-refractivity contribution in [3.8, 4) is 5.75 Å². The van der Waals surface area contributed by atoms with Gasteiger partial charge in [0.25, 0.3) is 5.91 Å². The molecule has 0 bridgehead atoms. The number of anilines is 1. The third kappa shape index (κ3) is 3.76. The number of nitrogens with zero attached hydrogens (tertiary/aromatic N) is 2. The van der Waals surface area contributed by atoms with Crippen molar-refractivity contribution >= 4 is 23.4 Å². The van der Waals surface area contributed by atoms with Crippen LogP contribution >= 0.6 is 0 Å². The SMILES string of the molecule is COc1ccccc1CCN(C(C)=O)[C@@H]1CC(=O)N(c2ccccc2C)C1=O. The maximum Gasteiger partial charge on any atom is 0.257 e. The van der Waals surface area contributed by atoms with Crippen molar-refractivity contribution in [3.63, 3.8) is 0 Å². The Hall–Kier alpha value is -3.15. The molecule has 146 valence electrons. The van der Waals surface area contributed by atoms with Gasteiger partial charge in [0, 0.05) is 13.5 Å². The van der Waals surface area contributed by atoms with E-state index < -0.39 is 6.04 Å². The highest BCUT2D eigenvalue weighted by Gasteiger charge is 2.43. The molecule has 3 rings (SSSR count). The molecule has 6 heteroatoms. The fourth-order valence-electron chi connectivity index (χ4n) is 3.61. The van der Waals surface area contributed by atoms with E-state index in [4.69, 9.17) is 4.74 Å². The molecular formula is C22H24N2O4. The van der Waals surface area contributed by atoms with Gasteiger partial charge in [-0.25, -0.2) is 4.90 Å². The topological polar surface area (TPSA) is 66.9 Å². The van der Waals surface area contributed by atoms with Crippen LogP contribution in [0.3, 0.4) is 0 Å². The first kappa shape index (κ1) is 19.6. The van der Waals surface area contributed by atoms with Gasteiger partial charge in [-0.05, 0) is 36.6 Å². The molecule has 1 aliphatic rings. The van der Waals surface area contributed by atoms with Crippen molar-refractivity contribution in [1.82, 2.24) is 4.90 Å². The lowest BCUT2D eigenvalue weighted by Crippen LogP contribution is -2.45. The number of imide groups is 1. The normalized spacial score (nSPS) is 16.4. The van der Waals surface area contributed by atoms with E-state index in [1.807, 2.05) is 43.3 Å². The molecular weight excluding hydrogens is 356 g/mol. The van der Waals surface area contributed by atoms with E-state index in [9.17, 15) is 14.4 Å². The zero-order valence-electron chi connectivity index (χ0n) is 16.3. The fraction of sp³-hybridized carbons (Fsp3) is 0.318. The first-order valence-electron chi connectivity index (χ1n) is 9.25. The molecule has 2 aromatic carbocycles. The van der Waals surface area contributed by atoms with Gasteiger partial charge in [0.15, 0.2) is 0 Å². The Bertz CT molecular complexity index is 909. The number of aryl methyl sites for hydroxylation is 1. The Morgan fingerprint density at radius 2 is 1.82 bits per heavy atom. The first-order valence-corrected chi connectivity index (χ1v) is 9.25. The third-order valence-electron chi connectivity index (χ3n) is 5.07. The summed E-state index contributed by atoms with van der Waals surface area (Å²) in [6.45, 7) is 3.62. The highest BCUT2D eigenvalue weighted by atomic mass is 16.5. The van der Waals surface area contributed by atoms with Gasteiger partial charge < -0.3 is 9.64 Å². The summed E-state index contributed by atoms with van der Waals surface area (Å²) in [6.07, 6.45) is 0.532. The number of ether oxygens (including phenoxy) is 1. The Labute approximate surface area is 164 Å². The molecule has 0 saturated carbocycles. The number of hydrogen-bond acceptors (Lipinski definition) is 4. The van der Waals surface area contributed by atoms with Crippen LogP contribution in [-0.2, 0) is 20.8 Å². The molecule has 3 amide bonds. The number of rotatable bonds is 6. The number of carbonyl (C=O) groups excluding carboxylic acids is 3. The van der Waals surface area contributed by atoms with Crippen molar-refractivity contribution in [2.24, 2.45) is 0 Å². The molecule has 2 aromatic rings. The standard InChI is InChI=1S/C22H24N2O4/c1-15-8-4-6-10-18(15)24-21(26)14-19(22(24)27)23(16(2)25)13-12-17-9-5-7-11-20(17)28-3/h4-11,19H,12-14H2,1-3H3/t19-/m1/s1. The van der Waals surface area contributed by atoms with Crippen LogP contribution in [0.2, 0.25) is 0 Å². The minimum atomic E-state index is -0.778. The maximum absolute atomic E-state index is 13.0. The van der Waals surface area contributed by atoms with E-state index in [0.29, 0.717) is 18.7 Å². The van der Waals surface area contributed by atoms with Crippen molar-refractivity contribution < 1.29 is 19.1 Å². The third-order valence-corrected chi connectivity index (χ3v) is 5.07. The van der Waals surface area contributed by atoms with Gasteiger partial charge >= 0.3 is 0 Å². The lowest BCUT2D eigenvalue weighted by Gasteiger charge is -2.27. The van der Waals surface area contributed by atoms with E-state index >= 15 is 0 Å². The molecule has 0 unspecified atom stereocenters. The van der Waals surface area contributed by atoms with Crippen LogP contribution in [0, 0.1) is 6.92 Å². The van der Waals surface area contributed by atoms with E-state index in [2.05, 4.69) is 0 Å². The number of para-hydroxylation sites is 2. The molecule has 28 heavy (non-hydrogen) atoms. The Morgan fingerprint density at radius 3 is 2.50 bits per heavy atom. The van der Waals surface area contributed by atoms with Gasteiger partial charge in [0.2, 0.25) is 11.8 Å². The number of benzene rings is 2. The quantitative estimate of drug-likeness (QED) is 0.723. The number of amides is 3. The Morgan fingerprint density at radius 1 is 1.14 bits per heavy atom. The number of carbonyl (C=O) groups is 3. The summed E-state index contributed by atoms with van der Waals surface area (Å²) in [5, 5.41) is 0. The lowest BCUT2D eigenvalue weighted by molar-refractivity contribution is -0.136. The van der Waals surface area contributed by atoms with Crippen LogP contribution in [-0.4, -0.2) is 42.3 Å². The first-order chi connectivity index (χ1) is 13.4. The van der Waals surface area contributed by atoms with Crippen LogP contribution < -0.4 is 9.64 Å². The van der Waals surface area contributed by atoms with Gasteiger partial charge in [-0.15, -0.1) is 0 Å². The minimum absolute atomic E-state index is 0.00132. The van der Waals surface area contributed by atoms with Crippen molar-refractivity contribution in [3.05, 3.63) is 59.7 Å². The Balaban J connectivity index is 1.81. The van der Waals surface area contributed by atoms with Gasteiger partial charge in [-0.1, -0.05) is 36.4 Å². The summed E-state index contributed by atoms with van der Waals surface area (Å²) < 4.78 is 5.36. The summed E-state index contributed by atoms with van der Waals surface area (Å²) in [5.41, 5.74) is 2.37. The van der Waals surface area contributed by atoms with Gasteiger partial charge in [-0.3, -0.25) is 14.4 Å². The maximum atomic E-state index is 13.0. The summed E-state index contributed by atoms with van der Waals surface area (Å²) in [7, 11) is 1.60. The molecule has 1 saturated heterocycles. The predicted octanol–water partition coefficient (Wildman–Crippen LogP) is 2.73. The average Bonchev–Trinajstić information content (AvgIpc) is 2.96. The molecule has 0 spiro atoms. The second-order valence-electron chi connectivity index (χ2n) is 6.85. The summed E-state index contributed by atoms with van der Waals surface area (Å²) in [4.78, 5) is 40.6. The smallest absolute Gasteiger partial charge is 0.257 e. The zero-order valence-corrected chi connectivity index (χ0v) is 16.3. The molecule has 0 aromatic heterocycles. The molecule has 1 atom stereocenters. The molecule has 1 heterocycles. The van der Waals surface area contributed by atoms with Crippen LogP contribution in [0.15, 0.2) is 48.5 Å². The molecule has 0 radical (unpaired) electrons. The van der Waals surface area contributed by atoms with Crippen molar-refractivity contribution in [2.75, 3.05) is 18.6 Å². The van der Waals surface area contributed by atoms with Gasteiger partial charge in [0.05, 0.1) is 19.2 Å².